The van der Waals surface area contributed by atoms with Crippen LogP contribution < -0.4 is 10.1 Å². The minimum absolute atomic E-state index is 0.0647. The average Bonchev–Trinajstić information content (AvgIpc) is 2.82. The van der Waals surface area contributed by atoms with Gasteiger partial charge in [-0.25, -0.2) is 4.98 Å². The van der Waals surface area contributed by atoms with E-state index in [2.05, 4.69) is 10.3 Å². The largest absolute Gasteiger partial charge is 0.497 e. The maximum absolute atomic E-state index is 11.7. The zero-order chi connectivity index (χ0) is 12.1. The normalized spacial score (nSPS) is 9.94. The number of rotatable bonds is 4. The number of anilines is 1. The van der Waals surface area contributed by atoms with Gasteiger partial charge in [0.05, 0.1) is 13.5 Å². The molecule has 17 heavy (non-hydrogen) atoms. The minimum Gasteiger partial charge on any atom is -0.497 e. The maximum atomic E-state index is 11.7. The number of hydrogen-bond acceptors (Lipinski definition) is 4. The molecule has 0 spiro atoms. The molecule has 0 fully saturated rings. The summed E-state index contributed by atoms with van der Waals surface area (Å²) in [4.78, 5) is 15.7. The van der Waals surface area contributed by atoms with Gasteiger partial charge in [-0.3, -0.25) is 4.79 Å². The average molecular weight is 248 g/mol. The topological polar surface area (TPSA) is 51.2 Å². The van der Waals surface area contributed by atoms with Crippen molar-refractivity contribution in [3.63, 3.8) is 0 Å². The molecule has 0 unspecified atom stereocenters. The minimum atomic E-state index is -0.0647. The molecule has 0 saturated heterocycles. The van der Waals surface area contributed by atoms with E-state index in [0.29, 0.717) is 11.6 Å². The molecule has 0 aliphatic carbocycles. The van der Waals surface area contributed by atoms with Crippen molar-refractivity contribution in [2.45, 2.75) is 6.42 Å². The van der Waals surface area contributed by atoms with Crippen molar-refractivity contribution >= 4 is 22.4 Å². The maximum Gasteiger partial charge on any atom is 0.230 e. The molecule has 0 aliphatic heterocycles. The predicted molar refractivity (Wildman–Crippen MR) is 67.4 cm³/mol. The van der Waals surface area contributed by atoms with Crippen LogP contribution in [0.15, 0.2) is 35.8 Å². The zero-order valence-electron chi connectivity index (χ0n) is 9.34. The van der Waals surface area contributed by atoms with Crippen molar-refractivity contribution in [1.29, 1.82) is 0 Å². The quantitative estimate of drug-likeness (QED) is 0.903. The van der Waals surface area contributed by atoms with Gasteiger partial charge in [0.2, 0.25) is 5.91 Å². The SMILES string of the molecule is COc1ccc(CC(=O)Nc2nccs2)cc1. The molecule has 1 heterocycles. The number of carbonyl (C=O) groups is 1. The highest BCUT2D eigenvalue weighted by Gasteiger charge is 2.05. The third kappa shape index (κ3) is 3.29. The van der Waals surface area contributed by atoms with Crippen molar-refractivity contribution < 1.29 is 9.53 Å². The van der Waals surface area contributed by atoms with E-state index in [9.17, 15) is 4.79 Å². The van der Waals surface area contributed by atoms with Gasteiger partial charge in [-0.15, -0.1) is 11.3 Å². The second-order valence-corrected chi connectivity index (χ2v) is 4.30. The summed E-state index contributed by atoms with van der Waals surface area (Å²) in [7, 11) is 1.62. The number of amides is 1. The second-order valence-electron chi connectivity index (χ2n) is 3.41. The zero-order valence-corrected chi connectivity index (χ0v) is 10.2. The highest BCUT2D eigenvalue weighted by Crippen LogP contribution is 2.13. The number of aromatic nitrogens is 1. The van der Waals surface area contributed by atoms with Gasteiger partial charge in [0.25, 0.3) is 0 Å². The standard InChI is InChI=1S/C12H12N2O2S/c1-16-10-4-2-9(3-5-10)8-11(15)14-12-13-6-7-17-12/h2-7H,8H2,1H3,(H,13,14,15). The Bertz CT molecular complexity index is 480. The van der Waals surface area contributed by atoms with Crippen LogP contribution in [0.2, 0.25) is 0 Å². The third-order valence-electron chi connectivity index (χ3n) is 2.20. The Labute approximate surface area is 103 Å². The summed E-state index contributed by atoms with van der Waals surface area (Å²) in [6.45, 7) is 0. The summed E-state index contributed by atoms with van der Waals surface area (Å²) < 4.78 is 5.05. The molecule has 0 bridgehead atoms. The van der Waals surface area contributed by atoms with Gasteiger partial charge < -0.3 is 10.1 Å². The number of nitrogens with zero attached hydrogens (tertiary/aromatic N) is 1. The molecule has 0 saturated carbocycles. The van der Waals surface area contributed by atoms with Crippen LogP contribution >= 0.6 is 11.3 Å². The van der Waals surface area contributed by atoms with E-state index >= 15 is 0 Å². The molecule has 88 valence electrons. The number of thiazole rings is 1. The number of ether oxygens (including phenoxy) is 1. The van der Waals surface area contributed by atoms with Crippen molar-refractivity contribution in [2.24, 2.45) is 0 Å². The van der Waals surface area contributed by atoms with E-state index < -0.39 is 0 Å². The Kier molecular flexibility index (Phi) is 3.72. The van der Waals surface area contributed by atoms with Crippen LogP contribution in [0.5, 0.6) is 5.75 Å². The van der Waals surface area contributed by atoms with Gasteiger partial charge in [-0.05, 0) is 17.7 Å². The Hall–Kier alpha value is -1.88. The Balaban J connectivity index is 1.93. The van der Waals surface area contributed by atoms with Gasteiger partial charge in [-0.2, -0.15) is 0 Å². The first kappa shape index (κ1) is 11.6. The monoisotopic (exact) mass is 248 g/mol. The summed E-state index contributed by atoms with van der Waals surface area (Å²) in [6.07, 6.45) is 2.00. The molecular weight excluding hydrogens is 236 g/mol. The van der Waals surface area contributed by atoms with Crippen LogP contribution in [0.25, 0.3) is 0 Å². The highest BCUT2D eigenvalue weighted by atomic mass is 32.1. The number of carbonyl (C=O) groups excluding carboxylic acids is 1. The fourth-order valence-corrected chi connectivity index (χ4v) is 1.92. The van der Waals surface area contributed by atoms with Crippen LogP contribution in [-0.4, -0.2) is 18.0 Å². The molecule has 4 nitrogen and oxygen atoms in total. The second kappa shape index (κ2) is 5.45. The first-order valence-electron chi connectivity index (χ1n) is 5.10. The van der Waals surface area contributed by atoms with Crippen molar-refractivity contribution in [1.82, 2.24) is 4.98 Å². The number of hydrogen-bond donors (Lipinski definition) is 1. The van der Waals surface area contributed by atoms with E-state index in [4.69, 9.17) is 4.74 Å². The summed E-state index contributed by atoms with van der Waals surface area (Å²) in [5, 5.41) is 5.19. The molecule has 1 N–H and O–H groups in total. The molecule has 0 radical (unpaired) electrons. The van der Waals surface area contributed by atoms with Crippen molar-refractivity contribution in [3.05, 3.63) is 41.4 Å². The Morgan fingerprint density at radius 2 is 2.18 bits per heavy atom. The fourth-order valence-electron chi connectivity index (χ4n) is 1.38. The number of nitrogens with one attached hydrogen (secondary N) is 1. The summed E-state index contributed by atoms with van der Waals surface area (Å²) >= 11 is 1.40. The summed E-state index contributed by atoms with van der Waals surface area (Å²) in [5.41, 5.74) is 0.944. The third-order valence-corrected chi connectivity index (χ3v) is 2.89. The molecule has 1 aromatic heterocycles. The lowest BCUT2D eigenvalue weighted by atomic mass is 10.1. The molecular formula is C12H12N2O2S. The molecule has 0 atom stereocenters. The summed E-state index contributed by atoms with van der Waals surface area (Å²) in [6, 6.07) is 7.43. The smallest absolute Gasteiger partial charge is 0.230 e. The molecule has 0 aliphatic rings. The molecule has 2 aromatic rings. The molecule has 2 rings (SSSR count). The lowest BCUT2D eigenvalue weighted by Crippen LogP contribution is -2.14. The van der Waals surface area contributed by atoms with E-state index in [1.54, 1.807) is 13.3 Å². The lowest BCUT2D eigenvalue weighted by molar-refractivity contribution is -0.115. The molecule has 1 aromatic carbocycles. The summed E-state index contributed by atoms with van der Waals surface area (Å²) in [5.74, 6) is 0.721. The van der Waals surface area contributed by atoms with E-state index in [-0.39, 0.29) is 5.91 Å². The molecule has 5 heteroatoms. The van der Waals surface area contributed by atoms with Crippen LogP contribution in [-0.2, 0) is 11.2 Å². The van der Waals surface area contributed by atoms with Crippen LogP contribution in [0.4, 0.5) is 5.13 Å². The predicted octanol–water partition coefficient (Wildman–Crippen LogP) is 2.33. The first-order valence-corrected chi connectivity index (χ1v) is 5.98. The van der Waals surface area contributed by atoms with Gasteiger partial charge in [-0.1, -0.05) is 12.1 Å². The lowest BCUT2D eigenvalue weighted by Gasteiger charge is -2.03. The van der Waals surface area contributed by atoms with E-state index in [1.807, 2.05) is 29.6 Å². The number of methoxy groups -OCH3 is 1. The van der Waals surface area contributed by atoms with E-state index in [1.165, 1.54) is 11.3 Å². The van der Waals surface area contributed by atoms with Crippen LogP contribution in [0.1, 0.15) is 5.56 Å². The fraction of sp³-hybridized carbons (Fsp3) is 0.167. The first-order chi connectivity index (χ1) is 8.28. The Morgan fingerprint density at radius 1 is 1.41 bits per heavy atom. The van der Waals surface area contributed by atoms with Gasteiger partial charge in [0.15, 0.2) is 5.13 Å². The van der Waals surface area contributed by atoms with Gasteiger partial charge >= 0.3 is 0 Å². The Morgan fingerprint density at radius 3 is 2.76 bits per heavy atom. The van der Waals surface area contributed by atoms with Crippen LogP contribution in [0.3, 0.4) is 0 Å². The van der Waals surface area contributed by atoms with E-state index in [0.717, 1.165) is 11.3 Å². The molecule has 1 amide bonds. The number of benzene rings is 1. The highest BCUT2D eigenvalue weighted by molar-refractivity contribution is 7.13. The van der Waals surface area contributed by atoms with Gasteiger partial charge in [0.1, 0.15) is 5.75 Å². The van der Waals surface area contributed by atoms with Crippen LogP contribution in [0, 0.1) is 0 Å². The van der Waals surface area contributed by atoms with Crippen molar-refractivity contribution in [3.8, 4) is 5.75 Å². The van der Waals surface area contributed by atoms with Crippen molar-refractivity contribution in [2.75, 3.05) is 12.4 Å². The van der Waals surface area contributed by atoms with Gasteiger partial charge in [0, 0.05) is 11.6 Å².